The number of para-hydroxylation sites is 2. The SMILES string of the molecule is C=CC(=O)OCC(OC(N)=O)C(CCCCCCC(Oc1ccccc1)C(COC(=O)C=C)OC(N)=O)Oc1ccccc1. The molecule has 0 fully saturated rings. The monoisotopic (exact) mass is 612 g/mol. The van der Waals surface area contributed by atoms with E-state index in [1.807, 2.05) is 12.1 Å². The summed E-state index contributed by atoms with van der Waals surface area (Å²) in [6, 6.07) is 17.9. The number of unbranched alkanes of at least 4 members (excludes halogenated alkanes) is 3. The van der Waals surface area contributed by atoms with Crippen LogP contribution in [0.4, 0.5) is 9.59 Å². The quantitative estimate of drug-likeness (QED) is 0.0876. The molecule has 238 valence electrons. The summed E-state index contributed by atoms with van der Waals surface area (Å²) in [5, 5.41) is 0. The van der Waals surface area contributed by atoms with E-state index in [-0.39, 0.29) is 13.2 Å². The molecule has 2 aromatic rings. The van der Waals surface area contributed by atoms with E-state index in [0.29, 0.717) is 37.2 Å². The molecule has 0 heterocycles. The summed E-state index contributed by atoms with van der Waals surface area (Å²) in [6.45, 7) is 6.21. The Morgan fingerprint density at radius 2 is 0.955 bits per heavy atom. The fraction of sp³-hybridized carbons (Fsp3) is 0.375. The smallest absolute Gasteiger partial charge is 0.405 e. The van der Waals surface area contributed by atoms with E-state index in [2.05, 4.69) is 13.2 Å². The third kappa shape index (κ3) is 14.3. The predicted octanol–water partition coefficient (Wildman–Crippen LogP) is 4.61. The van der Waals surface area contributed by atoms with Crippen molar-refractivity contribution in [1.82, 2.24) is 0 Å². The second kappa shape index (κ2) is 20.0. The van der Waals surface area contributed by atoms with Gasteiger partial charge in [-0.25, -0.2) is 19.2 Å². The number of esters is 2. The maximum absolute atomic E-state index is 11.7. The molecular weight excluding hydrogens is 572 g/mol. The number of hydrogen-bond donors (Lipinski definition) is 2. The molecule has 0 aliphatic heterocycles. The summed E-state index contributed by atoms with van der Waals surface area (Å²) in [4.78, 5) is 46.5. The minimum absolute atomic E-state index is 0.262. The topological polar surface area (TPSA) is 176 Å². The zero-order valence-corrected chi connectivity index (χ0v) is 24.5. The van der Waals surface area contributed by atoms with Crippen LogP contribution in [0.15, 0.2) is 86.0 Å². The van der Waals surface area contributed by atoms with Gasteiger partial charge in [0.2, 0.25) is 0 Å². The van der Waals surface area contributed by atoms with Gasteiger partial charge in [0.05, 0.1) is 0 Å². The number of rotatable bonds is 21. The number of carbonyl (C=O) groups is 4. The molecule has 0 bridgehead atoms. The van der Waals surface area contributed by atoms with Gasteiger partial charge < -0.3 is 39.9 Å². The Hall–Kier alpha value is -5.00. The number of benzene rings is 2. The highest BCUT2D eigenvalue weighted by Gasteiger charge is 2.29. The van der Waals surface area contributed by atoms with E-state index >= 15 is 0 Å². The lowest BCUT2D eigenvalue weighted by atomic mass is 10.0. The van der Waals surface area contributed by atoms with Gasteiger partial charge >= 0.3 is 24.1 Å². The van der Waals surface area contributed by atoms with E-state index < -0.39 is 48.5 Å². The molecule has 0 spiro atoms. The Morgan fingerprint density at radius 3 is 1.27 bits per heavy atom. The highest BCUT2D eigenvalue weighted by Crippen LogP contribution is 2.22. The van der Waals surface area contributed by atoms with Crippen molar-refractivity contribution in [2.45, 2.75) is 62.9 Å². The molecule has 0 saturated heterocycles. The van der Waals surface area contributed by atoms with Gasteiger partial charge in [-0.3, -0.25) is 0 Å². The third-order valence-corrected chi connectivity index (χ3v) is 6.27. The first-order valence-electron chi connectivity index (χ1n) is 14.2. The van der Waals surface area contributed by atoms with Crippen LogP contribution in [0, 0.1) is 0 Å². The Bertz CT molecular complexity index is 1100. The van der Waals surface area contributed by atoms with Crippen LogP contribution >= 0.6 is 0 Å². The van der Waals surface area contributed by atoms with Gasteiger partial charge in [0.15, 0.2) is 12.2 Å². The molecular formula is C32H40N2O10. The van der Waals surface area contributed by atoms with Crippen LogP contribution in [0.5, 0.6) is 11.5 Å². The van der Waals surface area contributed by atoms with Crippen LogP contribution in [0.3, 0.4) is 0 Å². The largest absolute Gasteiger partial charge is 0.486 e. The van der Waals surface area contributed by atoms with Gasteiger partial charge in [-0.15, -0.1) is 0 Å². The second-order valence-electron chi connectivity index (χ2n) is 9.55. The molecule has 0 aliphatic rings. The minimum Gasteiger partial charge on any atom is -0.486 e. The summed E-state index contributed by atoms with van der Waals surface area (Å²) in [6.07, 6.45) is 0.443. The molecule has 12 nitrogen and oxygen atoms in total. The Labute approximate surface area is 256 Å². The van der Waals surface area contributed by atoms with E-state index in [1.54, 1.807) is 48.5 Å². The normalized spacial score (nSPS) is 13.2. The van der Waals surface area contributed by atoms with Crippen LogP contribution < -0.4 is 20.9 Å². The van der Waals surface area contributed by atoms with Gasteiger partial charge in [-0.1, -0.05) is 62.4 Å². The van der Waals surface area contributed by atoms with Crippen LogP contribution in [0.1, 0.15) is 38.5 Å². The predicted molar refractivity (Wildman–Crippen MR) is 161 cm³/mol. The van der Waals surface area contributed by atoms with E-state index in [9.17, 15) is 19.2 Å². The molecule has 4 N–H and O–H groups in total. The fourth-order valence-corrected chi connectivity index (χ4v) is 4.21. The summed E-state index contributed by atoms with van der Waals surface area (Å²) in [7, 11) is 0. The highest BCUT2D eigenvalue weighted by atomic mass is 16.6. The van der Waals surface area contributed by atoms with Gasteiger partial charge in [-0.05, 0) is 49.9 Å². The van der Waals surface area contributed by atoms with Gasteiger partial charge in [0, 0.05) is 12.2 Å². The standard InChI is InChI=1S/C32H40N2O10/c1-3-29(35)39-21-27(43-31(33)37)25(41-23-15-9-7-10-16-23)19-13-5-6-14-20-26(42-24-17-11-8-12-18-24)28(44-32(34)38)22-40-30(36)4-2/h3-4,7-12,15-18,25-28H,1-2,5-6,13-14,19-22H2,(H2,33,37)(H2,34,38). The van der Waals surface area contributed by atoms with E-state index in [4.69, 9.17) is 39.9 Å². The van der Waals surface area contributed by atoms with E-state index in [1.165, 1.54) is 0 Å². The van der Waals surface area contributed by atoms with Gasteiger partial charge in [0.1, 0.15) is 36.9 Å². The first kappa shape index (κ1) is 35.2. The average molecular weight is 613 g/mol. The summed E-state index contributed by atoms with van der Waals surface area (Å²) in [5.74, 6) is -0.258. The number of amides is 2. The molecule has 0 aromatic heterocycles. The first-order chi connectivity index (χ1) is 21.2. The Morgan fingerprint density at radius 1 is 0.591 bits per heavy atom. The molecule has 44 heavy (non-hydrogen) atoms. The minimum atomic E-state index is -1.03. The van der Waals surface area contributed by atoms with Gasteiger partial charge in [-0.2, -0.15) is 0 Å². The Kier molecular flexibility index (Phi) is 16.0. The number of nitrogens with two attached hydrogens (primary N) is 2. The summed E-state index contributed by atoms with van der Waals surface area (Å²) >= 11 is 0. The van der Waals surface area contributed by atoms with Crippen molar-refractivity contribution in [3.8, 4) is 11.5 Å². The average Bonchev–Trinajstić information content (AvgIpc) is 3.02. The van der Waals surface area contributed by atoms with Crippen LogP contribution in [-0.4, -0.2) is 61.8 Å². The molecule has 2 rings (SSSR count). The second-order valence-corrected chi connectivity index (χ2v) is 9.55. The molecule has 0 aliphatic carbocycles. The molecule has 2 amide bonds. The molecule has 0 radical (unpaired) electrons. The number of carbonyl (C=O) groups excluding carboxylic acids is 4. The van der Waals surface area contributed by atoms with Crippen molar-refractivity contribution < 1.29 is 47.6 Å². The van der Waals surface area contributed by atoms with Crippen molar-refractivity contribution in [1.29, 1.82) is 0 Å². The van der Waals surface area contributed by atoms with Crippen molar-refractivity contribution in [3.05, 3.63) is 86.0 Å². The maximum Gasteiger partial charge on any atom is 0.405 e. The summed E-state index contributed by atoms with van der Waals surface area (Å²) < 4.78 is 32.9. The lowest BCUT2D eigenvalue weighted by molar-refractivity contribution is -0.143. The summed E-state index contributed by atoms with van der Waals surface area (Å²) in [5.41, 5.74) is 10.6. The van der Waals surface area contributed by atoms with Crippen LogP contribution in [-0.2, 0) is 28.5 Å². The van der Waals surface area contributed by atoms with Crippen LogP contribution in [0.2, 0.25) is 0 Å². The van der Waals surface area contributed by atoms with Crippen molar-refractivity contribution >= 4 is 24.1 Å². The van der Waals surface area contributed by atoms with Crippen molar-refractivity contribution in [3.63, 3.8) is 0 Å². The zero-order chi connectivity index (χ0) is 32.2. The first-order valence-corrected chi connectivity index (χ1v) is 14.2. The Balaban J connectivity index is 2.04. The third-order valence-electron chi connectivity index (χ3n) is 6.27. The number of primary amides is 2. The molecule has 4 unspecified atom stereocenters. The van der Waals surface area contributed by atoms with E-state index in [0.717, 1.165) is 25.0 Å². The molecule has 4 atom stereocenters. The molecule has 12 heteroatoms. The number of ether oxygens (including phenoxy) is 6. The van der Waals surface area contributed by atoms with Crippen molar-refractivity contribution in [2.75, 3.05) is 13.2 Å². The van der Waals surface area contributed by atoms with Crippen molar-refractivity contribution in [2.24, 2.45) is 11.5 Å². The fourth-order valence-electron chi connectivity index (χ4n) is 4.21. The number of hydrogen-bond acceptors (Lipinski definition) is 10. The zero-order valence-electron chi connectivity index (χ0n) is 24.5. The lowest BCUT2D eigenvalue weighted by Crippen LogP contribution is -2.41. The lowest BCUT2D eigenvalue weighted by Gasteiger charge is -2.27. The highest BCUT2D eigenvalue weighted by molar-refractivity contribution is 5.81. The molecule has 2 aromatic carbocycles. The van der Waals surface area contributed by atoms with Gasteiger partial charge in [0.25, 0.3) is 0 Å². The molecule has 0 saturated carbocycles. The maximum atomic E-state index is 11.7. The van der Waals surface area contributed by atoms with Crippen LogP contribution in [0.25, 0.3) is 0 Å².